The van der Waals surface area contributed by atoms with Gasteiger partial charge >= 0.3 is 0 Å². The number of likely N-dealkylation sites (tertiary alicyclic amines) is 1. The van der Waals surface area contributed by atoms with Crippen molar-refractivity contribution < 1.29 is 14.1 Å². The molecule has 2 aliphatic rings. The largest absolute Gasteiger partial charge is 0.379 e. The Kier molecular flexibility index (Phi) is 8.28. The summed E-state index contributed by atoms with van der Waals surface area (Å²) < 4.78 is 10.9. The summed E-state index contributed by atoms with van der Waals surface area (Å²) in [4.78, 5) is 22.1. The summed E-state index contributed by atoms with van der Waals surface area (Å²) >= 11 is 6.07. The van der Waals surface area contributed by atoms with Gasteiger partial charge in [-0.05, 0) is 49.2 Å². The molecule has 2 fully saturated rings. The van der Waals surface area contributed by atoms with Crippen LogP contribution < -0.4 is 5.32 Å². The van der Waals surface area contributed by atoms with Gasteiger partial charge in [0, 0.05) is 42.7 Å². The molecular formula is C27H32ClN5O3. The predicted molar refractivity (Wildman–Crippen MR) is 137 cm³/mol. The first-order valence-corrected chi connectivity index (χ1v) is 13.0. The molecule has 3 heterocycles. The van der Waals surface area contributed by atoms with E-state index in [-0.39, 0.29) is 11.8 Å². The van der Waals surface area contributed by atoms with Gasteiger partial charge in [-0.25, -0.2) is 0 Å². The zero-order chi connectivity index (χ0) is 24.7. The number of amides is 1. The SMILES string of the molecule is O=C(NCc1ccccc1CN1CCOCC1)C1CCN(Cc2nc(-c3cccc(Cl)c3)no2)CC1. The molecule has 0 unspecified atom stereocenters. The van der Waals surface area contributed by atoms with E-state index < -0.39 is 0 Å². The van der Waals surface area contributed by atoms with Gasteiger partial charge in [-0.3, -0.25) is 14.6 Å². The van der Waals surface area contributed by atoms with Crippen molar-refractivity contribution in [3.8, 4) is 11.4 Å². The highest BCUT2D eigenvalue weighted by molar-refractivity contribution is 6.30. The fraction of sp³-hybridized carbons (Fsp3) is 0.444. The van der Waals surface area contributed by atoms with Crippen LogP contribution in [-0.2, 0) is 29.2 Å². The van der Waals surface area contributed by atoms with Gasteiger partial charge in [-0.1, -0.05) is 53.2 Å². The van der Waals surface area contributed by atoms with Crippen LogP contribution in [0.4, 0.5) is 0 Å². The second-order valence-corrected chi connectivity index (χ2v) is 9.88. The topological polar surface area (TPSA) is 83.7 Å². The van der Waals surface area contributed by atoms with Crippen molar-refractivity contribution in [1.29, 1.82) is 0 Å². The lowest BCUT2D eigenvalue weighted by atomic mass is 9.95. The van der Waals surface area contributed by atoms with Gasteiger partial charge in [0.1, 0.15) is 0 Å². The van der Waals surface area contributed by atoms with E-state index in [9.17, 15) is 4.79 Å². The van der Waals surface area contributed by atoms with E-state index in [1.54, 1.807) is 0 Å². The number of aromatic nitrogens is 2. The molecule has 0 saturated carbocycles. The first-order chi connectivity index (χ1) is 17.6. The minimum atomic E-state index is 0.0253. The van der Waals surface area contributed by atoms with Crippen molar-refractivity contribution in [3.63, 3.8) is 0 Å². The van der Waals surface area contributed by atoms with E-state index in [1.165, 1.54) is 11.1 Å². The summed E-state index contributed by atoms with van der Waals surface area (Å²) in [5, 5.41) is 7.91. The Morgan fingerprint density at radius 1 is 0.972 bits per heavy atom. The molecule has 2 saturated heterocycles. The first-order valence-electron chi connectivity index (χ1n) is 12.6. The molecule has 1 N–H and O–H groups in total. The number of halogens is 1. The Bertz CT molecular complexity index is 1160. The van der Waals surface area contributed by atoms with Crippen LogP contribution in [0.3, 0.4) is 0 Å². The number of hydrogen-bond donors (Lipinski definition) is 1. The van der Waals surface area contributed by atoms with Crippen LogP contribution in [0.15, 0.2) is 53.1 Å². The molecule has 0 aliphatic carbocycles. The molecule has 1 aromatic heterocycles. The summed E-state index contributed by atoms with van der Waals surface area (Å²) in [7, 11) is 0. The molecule has 3 aromatic rings. The molecule has 0 spiro atoms. The number of morpholine rings is 1. The monoisotopic (exact) mass is 509 g/mol. The van der Waals surface area contributed by atoms with E-state index in [0.29, 0.717) is 29.8 Å². The van der Waals surface area contributed by atoms with Gasteiger partial charge in [0.25, 0.3) is 0 Å². The molecule has 9 heteroatoms. The Labute approximate surface area is 216 Å². The van der Waals surface area contributed by atoms with Crippen LogP contribution in [0.25, 0.3) is 11.4 Å². The molecule has 0 radical (unpaired) electrons. The van der Waals surface area contributed by atoms with Crippen LogP contribution >= 0.6 is 11.6 Å². The Morgan fingerprint density at radius 3 is 2.50 bits per heavy atom. The van der Waals surface area contributed by atoms with E-state index in [0.717, 1.165) is 64.3 Å². The number of carbonyl (C=O) groups excluding carboxylic acids is 1. The molecule has 36 heavy (non-hydrogen) atoms. The Balaban J connectivity index is 1.08. The van der Waals surface area contributed by atoms with Gasteiger partial charge < -0.3 is 14.6 Å². The molecule has 1 amide bonds. The third-order valence-corrected chi connectivity index (χ3v) is 7.17. The minimum absolute atomic E-state index is 0.0253. The number of ether oxygens (including phenoxy) is 1. The lowest BCUT2D eigenvalue weighted by Crippen LogP contribution is -2.40. The summed E-state index contributed by atoms with van der Waals surface area (Å²) in [5.41, 5.74) is 3.28. The maximum atomic E-state index is 12.9. The van der Waals surface area contributed by atoms with Gasteiger partial charge in [-0.15, -0.1) is 0 Å². The van der Waals surface area contributed by atoms with Crippen LogP contribution in [0.5, 0.6) is 0 Å². The fourth-order valence-corrected chi connectivity index (χ4v) is 5.01. The lowest BCUT2D eigenvalue weighted by molar-refractivity contribution is -0.126. The molecule has 0 bridgehead atoms. The summed E-state index contributed by atoms with van der Waals surface area (Å²) in [6, 6.07) is 15.8. The van der Waals surface area contributed by atoms with E-state index in [2.05, 4.69) is 43.5 Å². The fourth-order valence-electron chi connectivity index (χ4n) is 4.82. The van der Waals surface area contributed by atoms with E-state index in [1.807, 2.05) is 30.3 Å². The van der Waals surface area contributed by atoms with Crippen molar-refractivity contribution in [2.75, 3.05) is 39.4 Å². The zero-order valence-corrected chi connectivity index (χ0v) is 21.1. The van der Waals surface area contributed by atoms with Gasteiger partial charge in [0.2, 0.25) is 17.6 Å². The van der Waals surface area contributed by atoms with Gasteiger partial charge in [0.05, 0.1) is 19.8 Å². The van der Waals surface area contributed by atoms with Crippen LogP contribution in [0, 0.1) is 5.92 Å². The molecule has 8 nitrogen and oxygen atoms in total. The number of piperidine rings is 1. The number of carbonyl (C=O) groups is 1. The molecule has 190 valence electrons. The number of hydrogen-bond acceptors (Lipinski definition) is 7. The van der Waals surface area contributed by atoms with E-state index >= 15 is 0 Å². The highest BCUT2D eigenvalue weighted by atomic mass is 35.5. The van der Waals surface area contributed by atoms with Gasteiger partial charge in [-0.2, -0.15) is 4.98 Å². The van der Waals surface area contributed by atoms with E-state index in [4.69, 9.17) is 20.9 Å². The lowest BCUT2D eigenvalue weighted by Gasteiger charge is -2.30. The van der Waals surface area contributed by atoms with Crippen molar-refractivity contribution in [2.45, 2.75) is 32.5 Å². The average Bonchev–Trinajstić information content (AvgIpc) is 3.38. The third-order valence-electron chi connectivity index (χ3n) is 6.94. The second kappa shape index (κ2) is 12.0. The standard InChI is InChI=1S/C27H32ClN5O3/c28-24-7-3-6-21(16-24)26-30-25(36-31-26)19-32-10-8-20(9-11-32)27(34)29-17-22-4-1-2-5-23(22)18-33-12-14-35-15-13-33/h1-7,16,20H,8-15,17-19H2,(H,29,34). The first kappa shape index (κ1) is 24.9. The highest BCUT2D eigenvalue weighted by Gasteiger charge is 2.26. The zero-order valence-electron chi connectivity index (χ0n) is 20.4. The van der Waals surface area contributed by atoms with Crippen molar-refractivity contribution in [1.82, 2.24) is 25.3 Å². The Hall–Kier alpha value is -2.78. The van der Waals surface area contributed by atoms with Crippen LogP contribution in [0.1, 0.15) is 29.9 Å². The van der Waals surface area contributed by atoms with Crippen molar-refractivity contribution in [3.05, 3.63) is 70.6 Å². The average molecular weight is 510 g/mol. The highest BCUT2D eigenvalue weighted by Crippen LogP contribution is 2.22. The maximum absolute atomic E-state index is 12.9. The smallest absolute Gasteiger partial charge is 0.241 e. The Morgan fingerprint density at radius 2 is 1.72 bits per heavy atom. The number of nitrogens with one attached hydrogen (secondary N) is 1. The molecule has 5 rings (SSSR count). The molecular weight excluding hydrogens is 478 g/mol. The molecule has 0 atom stereocenters. The molecule has 2 aliphatic heterocycles. The second-order valence-electron chi connectivity index (χ2n) is 9.45. The summed E-state index contributed by atoms with van der Waals surface area (Å²) in [6.07, 6.45) is 1.63. The quantitative estimate of drug-likeness (QED) is 0.495. The summed E-state index contributed by atoms with van der Waals surface area (Å²) in [5.74, 6) is 1.27. The summed E-state index contributed by atoms with van der Waals surface area (Å²) in [6.45, 7) is 7.14. The van der Waals surface area contributed by atoms with Crippen LogP contribution in [0.2, 0.25) is 5.02 Å². The minimum Gasteiger partial charge on any atom is -0.379 e. The predicted octanol–water partition coefficient (Wildman–Crippen LogP) is 3.75. The normalized spacial score (nSPS) is 17.8. The number of nitrogens with zero attached hydrogens (tertiary/aromatic N) is 4. The third kappa shape index (κ3) is 6.50. The van der Waals surface area contributed by atoms with Gasteiger partial charge in [0.15, 0.2) is 0 Å². The molecule has 2 aromatic carbocycles. The number of rotatable bonds is 8. The number of benzene rings is 2. The van der Waals surface area contributed by atoms with Crippen molar-refractivity contribution >= 4 is 17.5 Å². The van der Waals surface area contributed by atoms with Crippen LogP contribution in [-0.4, -0.2) is 65.2 Å². The van der Waals surface area contributed by atoms with Crippen molar-refractivity contribution in [2.24, 2.45) is 5.92 Å². The maximum Gasteiger partial charge on any atom is 0.241 e.